The van der Waals surface area contributed by atoms with Crippen LogP contribution in [0.5, 0.6) is 0 Å². The van der Waals surface area contributed by atoms with Gasteiger partial charge in [0.15, 0.2) is 0 Å². The Bertz CT molecular complexity index is 1840. The van der Waals surface area contributed by atoms with Crippen molar-refractivity contribution < 1.29 is 0 Å². The van der Waals surface area contributed by atoms with Crippen molar-refractivity contribution in [1.82, 2.24) is 0 Å². The monoisotopic (exact) mass is 595 g/mol. The van der Waals surface area contributed by atoms with Crippen molar-refractivity contribution in [3.63, 3.8) is 0 Å². The molecule has 0 bridgehead atoms. The lowest BCUT2D eigenvalue weighted by molar-refractivity contribution is 0.310. The van der Waals surface area contributed by atoms with Gasteiger partial charge in [-0.2, -0.15) is 0 Å². The molecule has 0 aromatic heterocycles. The molecule has 3 aliphatic rings. The first kappa shape index (κ1) is 28.6. The second-order valence-electron chi connectivity index (χ2n) is 13.7. The molecular formula is C45H41N. The summed E-state index contributed by atoms with van der Waals surface area (Å²) in [6.45, 7) is 4.97. The van der Waals surface area contributed by atoms with Gasteiger partial charge in [0.2, 0.25) is 0 Å². The van der Waals surface area contributed by atoms with E-state index in [0.717, 1.165) is 17.1 Å². The fourth-order valence-corrected chi connectivity index (χ4v) is 8.21. The van der Waals surface area contributed by atoms with E-state index in [1.807, 2.05) is 0 Å². The van der Waals surface area contributed by atoms with Crippen LogP contribution in [0.1, 0.15) is 45.1 Å². The van der Waals surface area contributed by atoms with Gasteiger partial charge in [-0.1, -0.05) is 140 Å². The Labute approximate surface area is 274 Å². The van der Waals surface area contributed by atoms with Crippen molar-refractivity contribution in [3.05, 3.63) is 168 Å². The summed E-state index contributed by atoms with van der Waals surface area (Å²) in [5, 5.41) is 0. The second-order valence-corrected chi connectivity index (χ2v) is 13.7. The molecule has 0 radical (unpaired) electrons. The van der Waals surface area contributed by atoms with Crippen LogP contribution in [0.15, 0.2) is 163 Å². The number of allylic oxidation sites excluding steroid dienone is 6. The van der Waals surface area contributed by atoms with Crippen LogP contribution in [0.3, 0.4) is 0 Å². The van der Waals surface area contributed by atoms with Crippen molar-refractivity contribution in [1.29, 1.82) is 0 Å². The van der Waals surface area contributed by atoms with Crippen LogP contribution >= 0.6 is 0 Å². The lowest BCUT2D eigenvalue weighted by atomic mass is 9.71. The third kappa shape index (κ3) is 5.14. The number of hydrogen-bond donors (Lipinski definition) is 0. The quantitative estimate of drug-likeness (QED) is 0.177. The highest BCUT2D eigenvalue weighted by molar-refractivity contribution is 5.82. The van der Waals surface area contributed by atoms with Crippen LogP contribution in [0.2, 0.25) is 0 Å². The standard InChI is InChI=1S/C45H41N/c1-45(2)43-16-10-9-15-41(43)42-30-23-37(31-44(42)45)36-21-28-40(29-22-36)46(38-24-17-34(18-25-38)32-11-5-3-6-12-32)39-26-19-35(20-27-39)33-13-7-4-8-14-33/h3-8,11-14,17-31,42,44H,9-10,15-16H2,1-2H3. The minimum atomic E-state index is 0.241. The molecule has 5 aromatic carbocycles. The van der Waals surface area contributed by atoms with Crippen molar-refractivity contribution in [3.8, 4) is 22.3 Å². The molecule has 2 atom stereocenters. The van der Waals surface area contributed by atoms with Gasteiger partial charge in [0.05, 0.1) is 0 Å². The zero-order valence-corrected chi connectivity index (χ0v) is 26.9. The molecule has 5 aromatic rings. The molecule has 0 saturated carbocycles. The topological polar surface area (TPSA) is 3.24 Å². The summed E-state index contributed by atoms with van der Waals surface area (Å²) in [4.78, 5) is 2.37. The zero-order valence-electron chi connectivity index (χ0n) is 26.9. The van der Waals surface area contributed by atoms with E-state index in [-0.39, 0.29) is 5.41 Å². The van der Waals surface area contributed by atoms with Gasteiger partial charge in [0.1, 0.15) is 0 Å². The Morgan fingerprint density at radius 1 is 0.522 bits per heavy atom. The van der Waals surface area contributed by atoms with Gasteiger partial charge < -0.3 is 4.90 Å². The molecule has 226 valence electrons. The second kappa shape index (κ2) is 11.8. The third-order valence-corrected chi connectivity index (χ3v) is 10.7. The lowest BCUT2D eigenvalue weighted by Gasteiger charge is -2.33. The number of hydrogen-bond acceptors (Lipinski definition) is 1. The SMILES string of the molecule is CC1(C)C2=C(CCCC2)C2C=CC(c3ccc(N(c4ccc(-c5ccccc5)cc4)c4ccc(-c5ccccc5)cc4)cc3)=CC21. The summed E-state index contributed by atoms with van der Waals surface area (Å²) in [5.74, 6) is 1.14. The number of rotatable bonds is 6. The van der Waals surface area contributed by atoms with Gasteiger partial charge in [0.25, 0.3) is 0 Å². The molecule has 2 unspecified atom stereocenters. The summed E-state index contributed by atoms with van der Waals surface area (Å²) in [6.07, 6.45) is 12.8. The fraction of sp³-hybridized carbons (Fsp3) is 0.200. The number of nitrogens with zero attached hydrogens (tertiary/aromatic N) is 1. The maximum absolute atomic E-state index is 2.58. The maximum Gasteiger partial charge on any atom is 0.0462 e. The molecule has 1 heteroatoms. The van der Waals surface area contributed by atoms with Gasteiger partial charge in [-0.25, -0.2) is 0 Å². The molecule has 3 aliphatic carbocycles. The first-order valence-corrected chi connectivity index (χ1v) is 16.9. The molecule has 0 aliphatic heterocycles. The Morgan fingerprint density at radius 2 is 0.978 bits per heavy atom. The van der Waals surface area contributed by atoms with Crippen molar-refractivity contribution >= 4 is 22.6 Å². The molecule has 46 heavy (non-hydrogen) atoms. The predicted octanol–water partition coefficient (Wildman–Crippen LogP) is 12.6. The van der Waals surface area contributed by atoms with Crippen molar-refractivity contribution in [2.75, 3.05) is 4.90 Å². The lowest BCUT2D eigenvalue weighted by Crippen LogP contribution is -2.24. The largest absolute Gasteiger partial charge is 0.311 e. The van der Waals surface area contributed by atoms with Gasteiger partial charge in [-0.15, -0.1) is 0 Å². The number of fused-ring (bicyclic) bond motifs is 2. The number of anilines is 3. The molecule has 0 heterocycles. The molecule has 1 nitrogen and oxygen atoms in total. The molecule has 0 spiro atoms. The summed E-state index contributed by atoms with van der Waals surface area (Å²) in [7, 11) is 0. The Balaban J connectivity index is 1.12. The van der Waals surface area contributed by atoms with Crippen LogP contribution in [0.4, 0.5) is 17.1 Å². The highest BCUT2D eigenvalue weighted by atomic mass is 15.1. The first-order valence-electron chi connectivity index (χ1n) is 16.9. The summed E-state index contributed by atoms with van der Waals surface area (Å²) < 4.78 is 0. The normalized spacial score (nSPS) is 19.7. The van der Waals surface area contributed by atoms with E-state index in [4.69, 9.17) is 0 Å². The zero-order chi connectivity index (χ0) is 31.1. The summed E-state index contributed by atoms with van der Waals surface area (Å²) >= 11 is 0. The molecule has 0 amide bonds. The van der Waals surface area contributed by atoms with Gasteiger partial charge in [-0.05, 0) is 107 Å². The van der Waals surface area contributed by atoms with Gasteiger partial charge in [0, 0.05) is 23.0 Å². The first-order chi connectivity index (χ1) is 22.6. The van der Waals surface area contributed by atoms with Crippen molar-refractivity contribution in [2.45, 2.75) is 39.5 Å². The average Bonchev–Trinajstić information content (AvgIpc) is 3.36. The van der Waals surface area contributed by atoms with E-state index in [0.29, 0.717) is 11.8 Å². The molecular weight excluding hydrogens is 555 g/mol. The Morgan fingerprint density at radius 3 is 1.50 bits per heavy atom. The van der Waals surface area contributed by atoms with Gasteiger partial charge >= 0.3 is 0 Å². The van der Waals surface area contributed by atoms with Crippen LogP contribution in [-0.2, 0) is 0 Å². The summed E-state index contributed by atoms with van der Waals surface area (Å²) in [6, 6.07) is 48.3. The third-order valence-electron chi connectivity index (χ3n) is 10.7. The highest BCUT2D eigenvalue weighted by Crippen LogP contribution is 2.58. The van der Waals surface area contributed by atoms with Crippen molar-refractivity contribution in [2.24, 2.45) is 17.3 Å². The fourth-order valence-electron chi connectivity index (χ4n) is 8.21. The van der Waals surface area contributed by atoms with Crippen LogP contribution in [0.25, 0.3) is 27.8 Å². The smallest absolute Gasteiger partial charge is 0.0462 e. The highest BCUT2D eigenvalue weighted by Gasteiger charge is 2.46. The molecule has 0 saturated heterocycles. The van der Waals surface area contributed by atoms with Crippen LogP contribution < -0.4 is 4.90 Å². The minimum absolute atomic E-state index is 0.241. The van der Waals surface area contributed by atoms with Gasteiger partial charge in [-0.3, -0.25) is 0 Å². The molecule has 8 rings (SSSR count). The van der Waals surface area contributed by atoms with E-state index >= 15 is 0 Å². The molecule has 0 fully saturated rings. The van der Waals surface area contributed by atoms with Crippen LogP contribution in [0, 0.1) is 17.3 Å². The number of benzene rings is 5. The van der Waals surface area contributed by atoms with E-state index < -0.39 is 0 Å². The van der Waals surface area contributed by atoms with Crippen LogP contribution in [-0.4, -0.2) is 0 Å². The maximum atomic E-state index is 2.58. The Hall–Kier alpha value is -4.88. The average molecular weight is 596 g/mol. The predicted molar refractivity (Wildman–Crippen MR) is 195 cm³/mol. The van der Waals surface area contributed by atoms with E-state index in [1.165, 1.54) is 59.1 Å². The van der Waals surface area contributed by atoms with E-state index in [2.05, 4.69) is 170 Å². The summed E-state index contributed by atoms with van der Waals surface area (Å²) in [5.41, 5.74) is 14.7. The van der Waals surface area contributed by atoms with E-state index in [1.54, 1.807) is 11.1 Å². The van der Waals surface area contributed by atoms with E-state index in [9.17, 15) is 0 Å². The Kier molecular flexibility index (Phi) is 7.34. The minimum Gasteiger partial charge on any atom is -0.311 e. The molecule has 0 N–H and O–H groups in total.